The Balaban J connectivity index is 1.40. The van der Waals surface area contributed by atoms with Crippen LogP contribution in [0.4, 0.5) is 0 Å². The quantitative estimate of drug-likeness (QED) is 0.634. The third kappa shape index (κ3) is 3.96. The summed E-state index contributed by atoms with van der Waals surface area (Å²) in [5.74, 6) is 2.25. The molecule has 1 aromatic carbocycles. The largest absolute Gasteiger partial charge is 0.493 e. The highest BCUT2D eigenvalue weighted by Crippen LogP contribution is 2.31. The van der Waals surface area contributed by atoms with Crippen LogP contribution in [-0.2, 0) is 0 Å². The summed E-state index contributed by atoms with van der Waals surface area (Å²) < 4.78 is 15.9. The minimum Gasteiger partial charge on any atom is -0.493 e. The van der Waals surface area contributed by atoms with Crippen molar-refractivity contribution in [2.75, 3.05) is 27.3 Å². The van der Waals surface area contributed by atoms with Crippen molar-refractivity contribution in [2.24, 2.45) is 0 Å². The van der Waals surface area contributed by atoms with Crippen molar-refractivity contribution in [1.29, 1.82) is 0 Å². The lowest BCUT2D eigenvalue weighted by Crippen LogP contribution is -2.38. The molecular weight excluding hydrogens is 386 g/mol. The molecule has 0 aliphatic carbocycles. The molecule has 0 bridgehead atoms. The van der Waals surface area contributed by atoms with Gasteiger partial charge in [-0.3, -0.25) is 9.78 Å². The molecule has 9 heteroatoms. The van der Waals surface area contributed by atoms with Crippen molar-refractivity contribution in [3.63, 3.8) is 0 Å². The smallest absolute Gasteiger partial charge is 0.278 e. The number of piperidine rings is 1. The first-order valence-corrected chi connectivity index (χ1v) is 9.73. The van der Waals surface area contributed by atoms with Crippen molar-refractivity contribution < 1.29 is 18.8 Å². The van der Waals surface area contributed by atoms with Gasteiger partial charge in [-0.25, -0.2) is 4.98 Å². The third-order valence-electron chi connectivity index (χ3n) is 5.22. The molecule has 1 aliphatic rings. The van der Waals surface area contributed by atoms with E-state index in [0.717, 1.165) is 18.5 Å². The van der Waals surface area contributed by atoms with Crippen molar-refractivity contribution in [3.8, 4) is 23.1 Å². The lowest BCUT2D eigenvalue weighted by molar-refractivity contribution is 0.0710. The number of methoxy groups -OCH3 is 2. The highest BCUT2D eigenvalue weighted by molar-refractivity contribution is 5.95. The maximum atomic E-state index is 12.9. The summed E-state index contributed by atoms with van der Waals surface area (Å²) in [5, 5.41) is 4.12. The van der Waals surface area contributed by atoms with Crippen LogP contribution >= 0.6 is 0 Å². The molecule has 0 radical (unpaired) electrons. The van der Waals surface area contributed by atoms with E-state index in [4.69, 9.17) is 14.0 Å². The zero-order valence-electron chi connectivity index (χ0n) is 17.2. The van der Waals surface area contributed by atoms with Crippen LogP contribution in [0, 0.1) is 6.92 Å². The van der Waals surface area contributed by atoms with Crippen molar-refractivity contribution in [3.05, 3.63) is 47.7 Å². The maximum Gasteiger partial charge on any atom is 0.278 e. The Hall–Kier alpha value is -3.49. The first kappa shape index (κ1) is 19.8. The number of likely N-dealkylation sites (tertiary alicyclic amines) is 1. The molecule has 1 amide bonds. The number of ether oxygens (including phenoxy) is 2. The van der Waals surface area contributed by atoms with Gasteiger partial charge in [0.2, 0.25) is 0 Å². The summed E-state index contributed by atoms with van der Waals surface area (Å²) in [4.78, 5) is 27.7. The Labute approximate surface area is 174 Å². The molecule has 0 atom stereocenters. The zero-order valence-corrected chi connectivity index (χ0v) is 17.2. The van der Waals surface area contributed by atoms with E-state index in [1.807, 2.05) is 11.8 Å². The first-order valence-electron chi connectivity index (χ1n) is 9.73. The van der Waals surface area contributed by atoms with Gasteiger partial charge in [0.05, 0.1) is 26.1 Å². The minimum atomic E-state index is -0.0295. The van der Waals surface area contributed by atoms with E-state index < -0.39 is 0 Å². The van der Waals surface area contributed by atoms with Gasteiger partial charge >= 0.3 is 0 Å². The fourth-order valence-electron chi connectivity index (χ4n) is 3.50. The normalized spacial score (nSPS) is 14.6. The summed E-state index contributed by atoms with van der Waals surface area (Å²) in [5.41, 5.74) is 1.95. The Morgan fingerprint density at radius 1 is 1.10 bits per heavy atom. The van der Waals surface area contributed by atoms with Gasteiger partial charge in [0.1, 0.15) is 5.69 Å². The molecule has 0 spiro atoms. The molecule has 3 aromatic rings. The van der Waals surface area contributed by atoms with E-state index in [0.29, 0.717) is 47.6 Å². The number of aryl methyl sites for hydroxylation is 1. The van der Waals surface area contributed by atoms with Gasteiger partial charge in [0, 0.05) is 30.8 Å². The van der Waals surface area contributed by atoms with Gasteiger partial charge in [-0.1, -0.05) is 5.16 Å². The van der Waals surface area contributed by atoms with Gasteiger partial charge in [-0.05, 0) is 38.0 Å². The number of hydrogen-bond acceptors (Lipinski definition) is 8. The van der Waals surface area contributed by atoms with Gasteiger partial charge in [-0.2, -0.15) is 4.98 Å². The van der Waals surface area contributed by atoms with Crippen molar-refractivity contribution in [2.45, 2.75) is 25.7 Å². The standard InChI is InChI=1S/C21H23N5O4/c1-13-11-23-16(12-22-13)20-24-19(25-30-20)14-6-8-26(9-7-14)21(27)15-4-5-17(28-2)18(10-15)29-3/h4-5,10-12,14H,6-9H2,1-3H3. The van der Waals surface area contributed by atoms with E-state index in [-0.39, 0.29) is 11.8 Å². The Bertz CT molecular complexity index is 1030. The van der Waals surface area contributed by atoms with Gasteiger partial charge < -0.3 is 18.9 Å². The highest BCUT2D eigenvalue weighted by Gasteiger charge is 2.28. The van der Waals surface area contributed by atoms with E-state index >= 15 is 0 Å². The van der Waals surface area contributed by atoms with E-state index in [1.54, 1.807) is 44.8 Å². The third-order valence-corrected chi connectivity index (χ3v) is 5.22. The summed E-state index contributed by atoms with van der Waals surface area (Å²) in [7, 11) is 3.12. The highest BCUT2D eigenvalue weighted by atomic mass is 16.5. The second-order valence-corrected chi connectivity index (χ2v) is 7.14. The fraction of sp³-hybridized carbons (Fsp3) is 0.381. The number of rotatable bonds is 5. The van der Waals surface area contributed by atoms with Gasteiger partial charge in [0.15, 0.2) is 17.3 Å². The van der Waals surface area contributed by atoms with Crippen LogP contribution in [0.3, 0.4) is 0 Å². The zero-order chi connectivity index (χ0) is 21.1. The molecule has 1 saturated heterocycles. The number of aromatic nitrogens is 4. The molecule has 2 aromatic heterocycles. The molecular formula is C21H23N5O4. The topological polar surface area (TPSA) is 103 Å². The van der Waals surface area contributed by atoms with Crippen LogP contribution in [0.15, 0.2) is 35.1 Å². The molecule has 0 N–H and O–H groups in total. The van der Waals surface area contributed by atoms with E-state index in [2.05, 4.69) is 20.1 Å². The average Bonchev–Trinajstić information content (AvgIpc) is 3.29. The first-order chi connectivity index (χ1) is 14.6. The monoisotopic (exact) mass is 409 g/mol. The number of carbonyl (C=O) groups is 1. The Morgan fingerprint density at radius 3 is 2.53 bits per heavy atom. The van der Waals surface area contributed by atoms with Crippen molar-refractivity contribution >= 4 is 5.91 Å². The lowest BCUT2D eigenvalue weighted by atomic mass is 9.95. The number of carbonyl (C=O) groups excluding carboxylic acids is 1. The minimum absolute atomic E-state index is 0.0295. The predicted molar refractivity (Wildman–Crippen MR) is 107 cm³/mol. The molecule has 9 nitrogen and oxygen atoms in total. The number of nitrogens with zero attached hydrogens (tertiary/aromatic N) is 5. The molecule has 0 saturated carbocycles. The number of amides is 1. The van der Waals surface area contributed by atoms with Crippen LogP contribution < -0.4 is 9.47 Å². The number of benzene rings is 1. The second-order valence-electron chi connectivity index (χ2n) is 7.14. The Morgan fingerprint density at radius 2 is 1.87 bits per heavy atom. The van der Waals surface area contributed by atoms with Crippen LogP contribution in [0.1, 0.15) is 40.6 Å². The van der Waals surface area contributed by atoms with Crippen LogP contribution in [0.25, 0.3) is 11.6 Å². The predicted octanol–water partition coefficient (Wildman–Crippen LogP) is 2.87. The summed E-state index contributed by atoms with van der Waals surface area (Å²) >= 11 is 0. The van der Waals surface area contributed by atoms with Gasteiger partial charge in [-0.15, -0.1) is 0 Å². The van der Waals surface area contributed by atoms with Gasteiger partial charge in [0.25, 0.3) is 11.8 Å². The van der Waals surface area contributed by atoms with E-state index in [1.165, 1.54) is 0 Å². The summed E-state index contributed by atoms with van der Waals surface area (Å²) in [6.45, 7) is 3.10. The molecule has 1 fully saturated rings. The van der Waals surface area contributed by atoms with Crippen molar-refractivity contribution in [1.82, 2.24) is 25.0 Å². The molecule has 3 heterocycles. The summed E-state index contributed by atoms with van der Waals surface area (Å²) in [6, 6.07) is 5.21. The maximum absolute atomic E-state index is 12.9. The molecule has 156 valence electrons. The summed E-state index contributed by atoms with van der Waals surface area (Å²) in [6.07, 6.45) is 4.81. The Kier molecular flexibility index (Phi) is 5.60. The second kappa shape index (κ2) is 8.48. The molecule has 4 rings (SSSR count). The van der Waals surface area contributed by atoms with Crippen LogP contribution in [0.5, 0.6) is 11.5 Å². The lowest BCUT2D eigenvalue weighted by Gasteiger charge is -2.30. The van der Waals surface area contributed by atoms with Crippen LogP contribution in [0.2, 0.25) is 0 Å². The van der Waals surface area contributed by atoms with Crippen LogP contribution in [-0.4, -0.2) is 58.2 Å². The molecule has 1 aliphatic heterocycles. The fourth-order valence-corrected chi connectivity index (χ4v) is 3.50. The SMILES string of the molecule is COc1ccc(C(=O)N2CCC(c3noc(-c4cnc(C)cn4)n3)CC2)cc1OC. The molecule has 30 heavy (non-hydrogen) atoms. The average molecular weight is 409 g/mol. The number of hydrogen-bond donors (Lipinski definition) is 0. The molecule has 0 unspecified atom stereocenters. The van der Waals surface area contributed by atoms with E-state index in [9.17, 15) is 4.79 Å².